The van der Waals surface area contributed by atoms with E-state index in [0.29, 0.717) is 30.3 Å². The number of nitrogens with zero attached hydrogens (tertiary/aromatic N) is 1. The maximum Gasteiger partial charge on any atom is 0.255 e. The van der Waals surface area contributed by atoms with Crippen LogP contribution in [-0.2, 0) is 4.74 Å². The number of anilines is 1. The summed E-state index contributed by atoms with van der Waals surface area (Å²) in [5.74, 6) is 0.458. The predicted octanol–water partition coefficient (Wildman–Crippen LogP) is 3.02. The molecular formula is C17H16N2O2. The molecule has 1 aliphatic rings. The van der Waals surface area contributed by atoms with Crippen molar-refractivity contribution >= 4 is 17.5 Å². The monoisotopic (exact) mass is 280 g/mol. The van der Waals surface area contributed by atoms with E-state index in [1.165, 1.54) is 0 Å². The van der Waals surface area contributed by atoms with Gasteiger partial charge in [0.25, 0.3) is 5.91 Å². The number of carbonyl (C=O) groups is 1. The van der Waals surface area contributed by atoms with Crippen molar-refractivity contribution in [2.24, 2.45) is 4.99 Å². The average molecular weight is 280 g/mol. The zero-order valence-corrected chi connectivity index (χ0v) is 11.8. The minimum atomic E-state index is -0.134. The fourth-order valence-electron chi connectivity index (χ4n) is 2.26. The fourth-order valence-corrected chi connectivity index (χ4v) is 2.26. The summed E-state index contributed by atoms with van der Waals surface area (Å²) in [5.41, 5.74) is 3.22. The van der Waals surface area contributed by atoms with Crippen LogP contribution in [0.25, 0.3) is 0 Å². The molecule has 4 heteroatoms. The predicted molar refractivity (Wildman–Crippen MR) is 82.9 cm³/mol. The van der Waals surface area contributed by atoms with Crippen LogP contribution in [0.1, 0.15) is 21.5 Å². The number of carbonyl (C=O) groups excluding carboxylic acids is 1. The van der Waals surface area contributed by atoms with Crippen molar-refractivity contribution in [3.05, 3.63) is 65.2 Å². The first kappa shape index (κ1) is 13.4. The summed E-state index contributed by atoms with van der Waals surface area (Å²) < 4.78 is 5.48. The van der Waals surface area contributed by atoms with Gasteiger partial charge in [-0.05, 0) is 31.2 Å². The van der Waals surface area contributed by atoms with Gasteiger partial charge in [0.1, 0.15) is 6.61 Å². The van der Waals surface area contributed by atoms with E-state index in [1.807, 2.05) is 49.4 Å². The van der Waals surface area contributed by atoms with Crippen molar-refractivity contribution in [3.63, 3.8) is 0 Å². The third-order valence-electron chi connectivity index (χ3n) is 3.27. The van der Waals surface area contributed by atoms with E-state index in [4.69, 9.17) is 4.74 Å². The van der Waals surface area contributed by atoms with Crippen LogP contribution in [-0.4, -0.2) is 25.0 Å². The molecule has 3 rings (SSSR count). The molecule has 2 aromatic carbocycles. The zero-order valence-electron chi connectivity index (χ0n) is 11.8. The summed E-state index contributed by atoms with van der Waals surface area (Å²) >= 11 is 0. The number of aryl methyl sites for hydroxylation is 1. The van der Waals surface area contributed by atoms with Crippen LogP contribution in [0.15, 0.2) is 53.5 Å². The Hall–Kier alpha value is -2.62. The first-order valence-electron chi connectivity index (χ1n) is 6.89. The van der Waals surface area contributed by atoms with Gasteiger partial charge in [0.05, 0.1) is 17.8 Å². The summed E-state index contributed by atoms with van der Waals surface area (Å²) in [4.78, 5) is 16.6. The van der Waals surface area contributed by atoms with Gasteiger partial charge in [0.2, 0.25) is 5.90 Å². The zero-order chi connectivity index (χ0) is 14.7. The molecular weight excluding hydrogens is 264 g/mol. The van der Waals surface area contributed by atoms with E-state index in [1.54, 1.807) is 6.07 Å². The van der Waals surface area contributed by atoms with Gasteiger partial charge >= 0.3 is 0 Å². The van der Waals surface area contributed by atoms with Gasteiger partial charge in [-0.1, -0.05) is 29.8 Å². The van der Waals surface area contributed by atoms with E-state index in [-0.39, 0.29) is 5.91 Å². The van der Waals surface area contributed by atoms with Crippen LogP contribution in [0, 0.1) is 6.92 Å². The molecule has 0 bridgehead atoms. The Morgan fingerprint density at radius 3 is 2.81 bits per heavy atom. The molecule has 0 aromatic heterocycles. The van der Waals surface area contributed by atoms with Crippen LogP contribution < -0.4 is 5.32 Å². The second-order valence-corrected chi connectivity index (χ2v) is 4.90. The maximum atomic E-state index is 12.3. The van der Waals surface area contributed by atoms with Gasteiger partial charge < -0.3 is 10.1 Å². The van der Waals surface area contributed by atoms with Crippen molar-refractivity contribution < 1.29 is 9.53 Å². The van der Waals surface area contributed by atoms with E-state index in [0.717, 1.165) is 11.1 Å². The number of hydrogen-bond acceptors (Lipinski definition) is 3. The molecule has 21 heavy (non-hydrogen) atoms. The largest absolute Gasteiger partial charge is 0.475 e. The van der Waals surface area contributed by atoms with Crippen molar-refractivity contribution in [3.8, 4) is 0 Å². The van der Waals surface area contributed by atoms with Gasteiger partial charge in [-0.25, -0.2) is 4.99 Å². The summed E-state index contributed by atoms with van der Waals surface area (Å²) in [7, 11) is 0. The van der Waals surface area contributed by atoms with Crippen LogP contribution in [0.2, 0.25) is 0 Å². The molecule has 0 saturated heterocycles. The minimum Gasteiger partial charge on any atom is -0.475 e. The SMILES string of the molecule is Cc1cccc(C(=O)Nc2ccccc2C2=NCCO2)c1. The van der Waals surface area contributed by atoms with Gasteiger partial charge in [-0.15, -0.1) is 0 Å². The molecule has 1 aliphatic heterocycles. The maximum absolute atomic E-state index is 12.3. The van der Waals surface area contributed by atoms with Crippen LogP contribution in [0.4, 0.5) is 5.69 Å². The highest BCUT2D eigenvalue weighted by Gasteiger charge is 2.16. The topological polar surface area (TPSA) is 50.7 Å². The number of rotatable bonds is 3. The van der Waals surface area contributed by atoms with Crippen LogP contribution >= 0.6 is 0 Å². The number of amides is 1. The molecule has 4 nitrogen and oxygen atoms in total. The number of nitrogens with one attached hydrogen (secondary N) is 1. The second-order valence-electron chi connectivity index (χ2n) is 4.90. The molecule has 1 amide bonds. The lowest BCUT2D eigenvalue weighted by atomic mass is 10.1. The Bertz CT molecular complexity index is 707. The molecule has 0 aliphatic carbocycles. The highest BCUT2D eigenvalue weighted by molar-refractivity contribution is 6.09. The molecule has 0 fully saturated rings. The molecule has 106 valence electrons. The lowest BCUT2D eigenvalue weighted by Gasteiger charge is -2.11. The number of hydrogen-bond donors (Lipinski definition) is 1. The molecule has 2 aromatic rings. The summed E-state index contributed by atoms with van der Waals surface area (Å²) in [6.07, 6.45) is 0. The summed E-state index contributed by atoms with van der Waals surface area (Å²) in [6.45, 7) is 3.22. The lowest BCUT2D eigenvalue weighted by molar-refractivity contribution is 0.102. The van der Waals surface area contributed by atoms with E-state index < -0.39 is 0 Å². The van der Waals surface area contributed by atoms with Crippen molar-refractivity contribution in [2.45, 2.75) is 6.92 Å². The second kappa shape index (κ2) is 5.79. The quantitative estimate of drug-likeness (QED) is 0.939. The Morgan fingerprint density at radius 2 is 2.05 bits per heavy atom. The van der Waals surface area contributed by atoms with E-state index in [2.05, 4.69) is 10.3 Å². The molecule has 0 radical (unpaired) electrons. The van der Waals surface area contributed by atoms with Crippen molar-refractivity contribution in [1.82, 2.24) is 0 Å². The number of benzene rings is 2. The molecule has 0 atom stereocenters. The van der Waals surface area contributed by atoms with Crippen LogP contribution in [0.3, 0.4) is 0 Å². The summed E-state index contributed by atoms with van der Waals surface area (Å²) in [6, 6.07) is 15.0. The van der Waals surface area contributed by atoms with Gasteiger partial charge in [-0.3, -0.25) is 4.79 Å². The van der Waals surface area contributed by atoms with Crippen molar-refractivity contribution in [1.29, 1.82) is 0 Å². The molecule has 1 heterocycles. The molecule has 1 N–H and O–H groups in total. The van der Waals surface area contributed by atoms with Gasteiger partial charge in [0, 0.05) is 5.56 Å². The molecule has 0 spiro atoms. The summed E-state index contributed by atoms with van der Waals surface area (Å²) in [5, 5.41) is 2.93. The Balaban J connectivity index is 1.86. The Kier molecular flexibility index (Phi) is 3.69. The normalized spacial score (nSPS) is 13.5. The fraction of sp³-hybridized carbons (Fsp3) is 0.176. The molecule has 0 unspecified atom stereocenters. The highest BCUT2D eigenvalue weighted by atomic mass is 16.5. The third-order valence-corrected chi connectivity index (χ3v) is 3.27. The highest BCUT2D eigenvalue weighted by Crippen LogP contribution is 2.19. The first-order valence-corrected chi connectivity index (χ1v) is 6.89. The van der Waals surface area contributed by atoms with Gasteiger partial charge in [0.15, 0.2) is 0 Å². The Labute approximate surface area is 123 Å². The van der Waals surface area contributed by atoms with Gasteiger partial charge in [-0.2, -0.15) is 0 Å². The standard InChI is InChI=1S/C17H16N2O2/c1-12-5-4-6-13(11-12)16(20)19-15-8-3-2-7-14(15)17-18-9-10-21-17/h2-8,11H,9-10H2,1H3,(H,19,20). The smallest absolute Gasteiger partial charge is 0.255 e. The first-order chi connectivity index (χ1) is 10.2. The Morgan fingerprint density at radius 1 is 1.19 bits per heavy atom. The lowest BCUT2D eigenvalue weighted by Crippen LogP contribution is -2.15. The molecule has 0 saturated carbocycles. The van der Waals surface area contributed by atoms with Crippen molar-refractivity contribution in [2.75, 3.05) is 18.5 Å². The van der Waals surface area contributed by atoms with Crippen LogP contribution in [0.5, 0.6) is 0 Å². The number of para-hydroxylation sites is 1. The number of ether oxygens (including phenoxy) is 1. The van der Waals surface area contributed by atoms with E-state index >= 15 is 0 Å². The average Bonchev–Trinajstić information content (AvgIpc) is 3.02. The third kappa shape index (κ3) is 2.94. The van der Waals surface area contributed by atoms with E-state index in [9.17, 15) is 4.79 Å². The number of aliphatic imine (C=N–C) groups is 1. The minimum absolute atomic E-state index is 0.134.